The number of carboxylic acid groups (broad SMARTS) is 4. The molecule has 816 valence electrons. The molecule has 0 unspecified atom stereocenters. The highest BCUT2D eigenvalue weighted by molar-refractivity contribution is 8.76. The highest BCUT2D eigenvalue weighted by Gasteiger charge is 2.40. The summed E-state index contributed by atoms with van der Waals surface area (Å²) in [5, 5.41) is 90.4. The van der Waals surface area contributed by atoms with Crippen molar-refractivity contribution in [2.75, 3.05) is 97.3 Å². The van der Waals surface area contributed by atoms with Gasteiger partial charge in [0.1, 0.15) is 41.9 Å². The number of Topliss-reactive ketones (excluding diaryl/α,β-unsaturated/α-hetero) is 3. The predicted molar refractivity (Wildman–Crippen MR) is 539 cm³/mol. The highest BCUT2D eigenvalue weighted by atomic mass is 33.1. The standard InChI is InChI=1S/C98H143N19O29S2/c1-10-70(96(136)137)112-98(140)100-25-16-11-17-26-117-51-67(115-116-117)52-146-37-36-145-35-34-144-33-32-143-31-30-142-29-28-141-27-24-82(122)107-74(46-85(126)127)80(120)44-65-53-147-148-54-78(95(135)114-87(60(9)118)97(138)139)111-89(129)62(41-64-48-102-72-21-15-13-19-69(64)72)43-81(121)86(58(6)7)113-94(134)76(39-57(4)5)110-92(132)73(22-23-84(124)125)106-83(123)50-103-91(131)75(38-56(2)3)109-93(133)77(45-66-49-99-55-104-66)108-88(128)61(42-79(119)59(8)105-90(65)130)40-63-47-101-71-20-14-12-18-68(63)71/h12-15,18-21,47-49,51,55-62,65,70,73-78,86-87,101-102,118H,10-11,16-17,22-46,50,52-54H2,1-9H3,(H,99,104)(H,103,131)(H,105,130)(H,106,123)(H,107,122)(H,108,128)(H,109,133)(H,110,132)(H,111,129)(H,113,134)(H,114,135)(H,124,125)(H,126,127)(H,136,137)(H,138,139)(H2,100,112,140)/t59-,60+,61+,62+,65-,70-,73-,74-,75-,76-,77-,78-,86-,87-/m0/s1. The number of imidazole rings is 1. The first-order valence-corrected chi connectivity index (χ1v) is 52.0. The van der Waals surface area contributed by atoms with E-state index in [1.165, 1.54) is 19.4 Å². The molecule has 1 aliphatic rings. The van der Waals surface area contributed by atoms with E-state index >= 15 is 24.0 Å². The zero-order valence-corrected chi connectivity index (χ0v) is 86.4. The number of nitrogens with one attached hydrogen (secondary N) is 15. The molecule has 5 heterocycles. The Morgan fingerprint density at radius 1 is 0.527 bits per heavy atom. The Bertz CT molecular complexity index is 5330. The molecular formula is C98H143N19O29S2. The van der Waals surface area contributed by atoms with Gasteiger partial charge in [0.2, 0.25) is 59.1 Å². The Morgan fingerprint density at radius 3 is 1.61 bits per heavy atom. The summed E-state index contributed by atoms with van der Waals surface area (Å²) in [6, 6.07) is -2.11. The van der Waals surface area contributed by atoms with Crippen molar-refractivity contribution in [1.82, 2.24) is 98.7 Å². The van der Waals surface area contributed by atoms with E-state index in [1.807, 2.05) is 0 Å². The van der Waals surface area contributed by atoms with Gasteiger partial charge in [0.25, 0.3) is 0 Å². The van der Waals surface area contributed by atoms with E-state index in [2.05, 4.69) is 94.0 Å². The van der Waals surface area contributed by atoms with Gasteiger partial charge in [-0.05, 0) is 113 Å². The summed E-state index contributed by atoms with van der Waals surface area (Å²) >= 11 is 0. The van der Waals surface area contributed by atoms with Gasteiger partial charge in [-0.25, -0.2) is 19.4 Å². The summed E-state index contributed by atoms with van der Waals surface area (Å²) in [6.45, 7) is 16.5. The smallest absolute Gasteiger partial charge is 0.328 e. The van der Waals surface area contributed by atoms with Crippen LogP contribution in [0, 0.1) is 35.5 Å². The van der Waals surface area contributed by atoms with Gasteiger partial charge in [-0.1, -0.05) is 112 Å². The minimum Gasteiger partial charge on any atom is -0.481 e. The Hall–Kier alpha value is -12.9. The Kier molecular flexibility index (Phi) is 53.7. The molecule has 0 bridgehead atoms. The van der Waals surface area contributed by atoms with Crippen LogP contribution in [0.15, 0.2) is 79.6 Å². The van der Waals surface area contributed by atoms with Crippen molar-refractivity contribution in [3.63, 3.8) is 0 Å². The number of carbonyl (C=O) groups excluding carboxylic acids is 14. The van der Waals surface area contributed by atoms with Gasteiger partial charge in [-0.15, -0.1) is 5.10 Å². The Morgan fingerprint density at radius 2 is 1.07 bits per heavy atom. The van der Waals surface area contributed by atoms with Gasteiger partial charge in [0.15, 0.2) is 23.4 Å². The zero-order valence-electron chi connectivity index (χ0n) is 84.8. The monoisotopic (exact) mass is 2110 g/mol. The van der Waals surface area contributed by atoms with Crippen molar-refractivity contribution in [1.29, 1.82) is 0 Å². The van der Waals surface area contributed by atoms with E-state index in [9.17, 15) is 82.8 Å². The van der Waals surface area contributed by atoms with Gasteiger partial charge in [0.05, 0.1) is 141 Å². The number of aliphatic hydroxyl groups is 1. The van der Waals surface area contributed by atoms with Crippen LogP contribution in [-0.4, -0.2) is 331 Å². The number of amides is 12. The van der Waals surface area contributed by atoms with Gasteiger partial charge in [-0.3, -0.25) is 76.6 Å². The quantitative estimate of drug-likeness (QED) is 0.0192. The number of ether oxygens (including phenoxy) is 6. The number of carboxylic acids is 4. The molecule has 0 radical (unpaired) electrons. The number of ketones is 3. The average Bonchev–Trinajstić information content (AvgIpc) is 1.66. The van der Waals surface area contributed by atoms with E-state index in [-0.39, 0.29) is 109 Å². The number of hydrogen-bond acceptors (Lipinski definition) is 30. The van der Waals surface area contributed by atoms with Crippen LogP contribution in [0.25, 0.3) is 21.8 Å². The number of aromatic nitrogens is 7. The number of para-hydroxylation sites is 2. The molecule has 2 aromatic carbocycles. The molecule has 7 rings (SSSR count). The average molecular weight is 2120 g/mol. The van der Waals surface area contributed by atoms with Crippen LogP contribution in [0.3, 0.4) is 0 Å². The topological polar surface area (TPSA) is 699 Å². The number of H-pyrrole nitrogens is 3. The maximum atomic E-state index is 15.4. The maximum Gasteiger partial charge on any atom is 0.328 e. The number of aromatic amines is 3. The van der Waals surface area contributed by atoms with Crippen LogP contribution in [0.5, 0.6) is 0 Å². The fraction of sp³-hybridized carbons (Fsp3) is 0.602. The molecule has 20 N–H and O–H groups in total. The van der Waals surface area contributed by atoms with E-state index < -0.39 is 260 Å². The van der Waals surface area contributed by atoms with Crippen LogP contribution in [0.4, 0.5) is 4.79 Å². The molecule has 1 fully saturated rings. The molecule has 148 heavy (non-hydrogen) atoms. The lowest BCUT2D eigenvalue weighted by molar-refractivity contribution is -0.145. The van der Waals surface area contributed by atoms with Crippen molar-refractivity contribution < 1.29 is 140 Å². The second kappa shape index (κ2) is 65.1. The summed E-state index contributed by atoms with van der Waals surface area (Å²) in [5.74, 6) is -24.7. The number of aliphatic hydroxyl groups excluding tert-OH is 1. The summed E-state index contributed by atoms with van der Waals surface area (Å²) in [6.07, 6.45) is 2.91. The van der Waals surface area contributed by atoms with Crippen LogP contribution >= 0.6 is 21.6 Å². The SMILES string of the molecule is CC[C@H](NC(=O)NCCCCCn1cc(COCCOCCOCCOCCOCCOCCC(=O)N[C@@H](CC(=O)O)C(=O)C[C@H]2CSSC[C@@H](C(=O)N[C@H](C(=O)O)[C@@H](C)O)NC(=O)[C@H](Cc3c[nH]c4ccccc34)CC(=O)[C@H](C(C)C)NC(=O)[C@H](CC(C)C)NC(=O)[C@H](CCC(=O)O)NC(=O)CNC(=O)[C@H](CC(C)C)NC(=O)[C@H](Cc3c[nH]cn3)NC(=O)[C@H](Cc3c[nH]c4ccccc34)CC(=O)[C@H](C)NC2=O)nn1)C(=O)O. The van der Waals surface area contributed by atoms with Crippen molar-refractivity contribution in [2.45, 2.75) is 245 Å². The molecule has 0 saturated carbocycles. The third-order valence-electron chi connectivity index (χ3n) is 23.8. The number of aliphatic carboxylic acids is 4. The van der Waals surface area contributed by atoms with E-state index in [4.69, 9.17) is 33.5 Å². The third-order valence-corrected chi connectivity index (χ3v) is 26.3. The molecule has 4 aromatic heterocycles. The normalized spacial score (nSPS) is 20.3. The lowest BCUT2D eigenvalue weighted by Gasteiger charge is -2.29. The maximum absolute atomic E-state index is 15.4. The minimum absolute atomic E-state index is 0.000954. The first-order chi connectivity index (χ1) is 70.7. The number of benzene rings is 2. The zero-order chi connectivity index (χ0) is 108. The van der Waals surface area contributed by atoms with Crippen LogP contribution < -0.4 is 63.8 Å². The molecule has 0 spiro atoms. The summed E-state index contributed by atoms with van der Waals surface area (Å²) in [5.41, 5.74) is 3.20. The molecule has 1 saturated heterocycles. The first kappa shape index (κ1) is 122. The summed E-state index contributed by atoms with van der Waals surface area (Å²) in [7, 11) is 1.60. The molecule has 50 heteroatoms. The number of unbranched alkanes of at least 4 members (excludes halogenated alkanes) is 2. The molecular weight excluding hydrogens is 1970 g/mol. The van der Waals surface area contributed by atoms with Crippen molar-refractivity contribution in [3.8, 4) is 0 Å². The molecule has 48 nitrogen and oxygen atoms in total. The first-order valence-electron chi connectivity index (χ1n) is 49.5. The Labute approximate surface area is 864 Å². The van der Waals surface area contributed by atoms with Crippen molar-refractivity contribution in [2.24, 2.45) is 35.5 Å². The summed E-state index contributed by atoms with van der Waals surface area (Å²) < 4.78 is 35.3. The van der Waals surface area contributed by atoms with Gasteiger partial charge in [0, 0.05) is 115 Å². The summed E-state index contributed by atoms with van der Waals surface area (Å²) in [4.78, 5) is 266. The highest BCUT2D eigenvalue weighted by Crippen LogP contribution is 2.31. The number of nitrogens with zero attached hydrogens (tertiary/aromatic N) is 4. The molecule has 14 atom stereocenters. The number of hydrogen-bond donors (Lipinski definition) is 20. The number of rotatable bonds is 53. The van der Waals surface area contributed by atoms with Crippen LogP contribution in [0.2, 0.25) is 0 Å². The van der Waals surface area contributed by atoms with Crippen molar-refractivity contribution >= 4 is 150 Å². The minimum atomic E-state index is -1.98. The van der Waals surface area contributed by atoms with Crippen LogP contribution in [-0.2, 0) is 142 Å². The van der Waals surface area contributed by atoms with Gasteiger partial charge < -0.3 is 133 Å². The lowest BCUT2D eigenvalue weighted by Crippen LogP contribution is -2.58. The predicted octanol–water partition coefficient (Wildman–Crippen LogP) is 2.19. The number of carbonyl (C=O) groups is 18. The molecule has 12 amide bonds. The number of urea groups is 1. The van der Waals surface area contributed by atoms with Crippen molar-refractivity contribution in [3.05, 3.63) is 102 Å². The fourth-order valence-corrected chi connectivity index (χ4v) is 18.3. The van der Waals surface area contributed by atoms with Gasteiger partial charge >= 0.3 is 29.9 Å². The van der Waals surface area contributed by atoms with Crippen LogP contribution in [0.1, 0.15) is 168 Å². The third kappa shape index (κ3) is 44.3. The van der Waals surface area contributed by atoms with E-state index in [0.717, 1.165) is 41.4 Å². The lowest BCUT2D eigenvalue weighted by atomic mass is 9.87. The second-order valence-electron chi connectivity index (χ2n) is 37.2. The van der Waals surface area contributed by atoms with E-state index in [0.29, 0.717) is 84.6 Å². The second-order valence-corrected chi connectivity index (χ2v) is 39.7. The molecule has 6 aromatic rings. The number of fused-ring (bicyclic) bond motifs is 2. The molecule has 1 aliphatic heterocycles. The Balaban J connectivity index is 1.08. The van der Waals surface area contributed by atoms with Gasteiger partial charge in [-0.2, -0.15) is 0 Å². The molecule has 0 aliphatic carbocycles. The fourth-order valence-electron chi connectivity index (χ4n) is 15.8. The van der Waals surface area contributed by atoms with E-state index in [1.54, 1.807) is 120 Å². The number of aryl methyl sites for hydroxylation is 1. The largest absolute Gasteiger partial charge is 0.481 e.